The quantitative estimate of drug-likeness (QED) is 0.299. The first-order valence-electron chi connectivity index (χ1n) is 7.65. The maximum atomic E-state index is 4.19. The summed E-state index contributed by atoms with van der Waals surface area (Å²) in [5.41, 5.74) is 6.36. The fourth-order valence-electron chi connectivity index (χ4n) is 1.86. The van der Waals surface area contributed by atoms with Crippen molar-refractivity contribution < 1.29 is 0 Å². The second-order valence-corrected chi connectivity index (χ2v) is 5.74. The fourth-order valence-corrected chi connectivity index (χ4v) is 1.86. The van der Waals surface area contributed by atoms with Gasteiger partial charge in [0.05, 0.1) is 0 Å². The summed E-state index contributed by atoms with van der Waals surface area (Å²) in [6, 6.07) is 0. The lowest BCUT2D eigenvalue weighted by Gasteiger charge is -2.11. The predicted molar refractivity (Wildman–Crippen MR) is 103 cm³/mol. The summed E-state index contributed by atoms with van der Waals surface area (Å²) >= 11 is 0. The summed E-state index contributed by atoms with van der Waals surface area (Å²) < 4.78 is 0. The van der Waals surface area contributed by atoms with Crippen LogP contribution in [-0.4, -0.2) is 0 Å². The second kappa shape index (κ2) is 10.6. The molecule has 0 amide bonds. The van der Waals surface area contributed by atoms with Gasteiger partial charge in [-0.2, -0.15) is 0 Å². The van der Waals surface area contributed by atoms with Gasteiger partial charge in [-0.15, -0.1) is 0 Å². The molecular formula is C22H30. The zero-order valence-electron chi connectivity index (χ0n) is 14.5. The summed E-state index contributed by atoms with van der Waals surface area (Å²) in [5, 5.41) is 0. The molecule has 0 heterocycles. The molecule has 0 aliphatic rings. The monoisotopic (exact) mass is 294 g/mol. The van der Waals surface area contributed by atoms with E-state index in [1.165, 1.54) is 11.1 Å². The molecule has 0 bridgehead atoms. The van der Waals surface area contributed by atoms with E-state index in [1.54, 1.807) is 0 Å². The van der Waals surface area contributed by atoms with Crippen LogP contribution in [0.15, 0.2) is 96.7 Å². The maximum absolute atomic E-state index is 4.19. The van der Waals surface area contributed by atoms with E-state index >= 15 is 0 Å². The van der Waals surface area contributed by atoms with Gasteiger partial charge in [0.2, 0.25) is 0 Å². The van der Waals surface area contributed by atoms with Crippen LogP contribution >= 0.6 is 0 Å². The van der Waals surface area contributed by atoms with E-state index in [4.69, 9.17) is 0 Å². The van der Waals surface area contributed by atoms with Crippen LogP contribution in [0.2, 0.25) is 0 Å². The third-order valence-electron chi connectivity index (χ3n) is 3.20. The second-order valence-electron chi connectivity index (χ2n) is 5.74. The average Bonchev–Trinajstić information content (AvgIpc) is 2.46. The number of hydrogen-bond donors (Lipinski definition) is 0. The van der Waals surface area contributed by atoms with Crippen LogP contribution in [0.4, 0.5) is 0 Å². The highest BCUT2D eigenvalue weighted by atomic mass is 14.1. The third kappa shape index (κ3) is 8.97. The molecule has 0 fully saturated rings. The minimum Gasteiger partial charge on any atom is -0.0988 e. The van der Waals surface area contributed by atoms with Gasteiger partial charge in [-0.05, 0) is 56.8 Å². The minimum absolute atomic E-state index is 0.924. The van der Waals surface area contributed by atoms with Gasteiger partial charge in [0.15, 0.2) is 0 Å². The molecule has 22 heavy (non-hydrogen) atoms. The Bertz CT molecular complexity index is 545. The maximum Gasteiger partial charge on any atom is -0.0230 e. The highest BCUT2D eigenvalue weighted by Gasteiger charge is 2.05. The van der Waals surface area contributed by atoms with Crippen molar-refractivity contribution in [1.29, 1.82) is 0 Å². The van der Waals surface area contributed by atoms with Crippen molar-refractivity contribution in [3.8, 4) is 0 Å². The van der Waals surface area contributed by atoms with Gasteiger partial charge in [0.25, 0.3) is 0 Å². The summed E-state index contributed by atoms with van der Waals surface area (Å²) in [6.45, 7) is 25.9. The molecule has 0 aromatic heterocycles. The summed E-state index contributed by atoms with van der Waals surface area (Å²) in [6.07, 6.45) is 13.2. The van der Waals surface area contributed by atoms with Crippen molar-refractivity contribution >= 4 is 0 Å². The highest BCUT2D eigenvalue weighted by Crippen LogP contribution is 2.24. The van der Waals surface area contributed by atoms with E-state index < -0.39 is 0 Å². The first-order valence-corrected chi connectivity index (χ1v) is 7.65. The Morgan fingerprint density at radius 2 is 1.55 bits per heavy atom. The smallest absolute Gasteiger partial charge is 0.0230 e. The molecule has 0 saturated carbocycles. The number of rotatable bonds is 10. The zero-order chi connectivity index (χ0) is 17.1. The van der Waals surface area contributed by atoms with Gasteiger partial charge in [-0.3, -0.25) is 0 Å². The van der Waals surface area contributed by atoms with Gasteiger partial charge in [0, 0.05) is 0 Å². The average molecular weight is 294 g/mol. The van der Waals surface area contributed by atoms with Gasteiger partial charge in [-0.1, -0.05) is 80.0 Å². The molecule has 0 radical (unpaired) electrons. The zero-order valence-corrected chi connectivity index (χ0v) is 14.5. The lowest BCUT2D eigenvalue weighted by Crippen LogP contribution is -1.92. The van der Waals surface area contributed by atoms with Crippen molar-refractivity contribution in [2.24, 2.45) is 0 Å². The molecule has 118 valence electrons. The normalized spacial score (nSPS) is 12.3. The van der Waals surface area contributed by atoms with Crippen molar-refractivity contribution in [3.05, 3.63) is 96.7 Å². The number of unbranched alkanes of at least 4 members (excludes halogenated alkanes) is 1. The number of allylic oxidation sites excluding steroid dienone is 11. The molecule has 0 atom stereocenters. The highest BCUT2D eigenvalue weighted by molar-refractivity contribution is 5.51. The van der Waals surface area contributed by atoms with Crippen LogP contribution in [0.5, 0.6) is 0 Å². The molecule has 0 heteroatoms. The van der Waals surface area contributed by atoms with Crippen LogP contribution in [0.3, 0.4) is 0 Å². The van der Waals surface area contributed by atoms with Crippen LogP contribution < -0.4 is 0 Å². The van der Waals surface area contributed by atoms with Crippen molar-refractivity contribution in [1.82, 2.24) is 0 Å². The van der Waals surface area contributed by atoms with Crippen molar-refractivity contribution in [3.63, 3.8) is 0 Å². The van der Waals surface area contributed by atoms with Crippen molar-refractivity contribution in [2.45, 2.75) is 40.0 Å². The SMILES string of the molecule is C=C/C(C)=C/CCC/C(=C/C(=C)C)C(=C)C(=C)/C=C\C(=C)C. The van der Waals surface area contributed by atoms with Gasteiger partial charge in [-0.25, -0.2) is 0 Å². The van der Waals surface area contributed by atoms with E-state index in [0.29, 0.717) is 0 Å². The van der Waals surface area contributed by atoms with Crippen LogP contribution in [-0.2, 0) is 0 Å². The molecule has 0 rings (SSSR count). The lowest BCUT2D eigenvalue weighted by atomic mass is 9.94. The van der Waals surface area contributed by atoms with Crippen LogP contribution in [0.1, 0.15) is 40.0 Å². The minimum atomic E-state index is 0.924. The largest absolute Gasteiger partial charge is 0.0988 e. The van der Waals surface area contributed by atoms with E-state index in [-0.39, 0.29) is 0 Å². The van der Waals surface area contributed by atoms with Gasteiger partial charge < -0.3 is 0 Å². The van der Waals surface area contributed by atoms with Gasteiger partial charge >= 0.3 is 0 Å². The summed E-state index contributed by atoms with van der Waals surface area (Å²) in [4.78, 5) is 0. The van der Waals surface area contributed by atoms with Gasteiger partial charge in [0.1, 0.15) is 0 Å². The molecule has 0 aliphatic heterocycles. The Balaban J connectivity index is 4.89. The fraction of sp³-hybridized carbons (Fsp3) is 0.273. The van der Waals surface area contributed by atoms with Crippen LogP contribution in [0.25, 0.3) is 0 Å². The Hall–Kier alpha value is -2.08. The summed E-state index contributed by atoms with van der Waals surface area (Å²) in [7, 11) is 0. The molecular weight excluding hydrogens is 264 g/mol. The van der Waals surface area contributed by atoms with E-state index in [0.717, 1.165) is 41.6 Å². The Labute approximate surface area is 137 Å². The molecule has 0 N–H and O–H groups in total. The van der Waals surface area contributed by atoms with Crippen molar-refractivity contribution in [2.75, 3.05) is 0 Å². The molecule has 0 aromatic carbocycles. The molecule has 0 aliphatic carbocycles. The molecule has 0 aromatic rings. The standard InChI is InChI=1S/C22H30/c1-9-19(6)12-10-11-13-22(16-18(4)5)21(8)20(7)15-14-17(2)3/h9,12,14-16H,1-2,4,7-8,10-11,13H2,3,5-6H3/b15-14-,19-12+,22-16-. The molecule has 0 saturated heterocycles. The Kier molecular flexibility index (Phi) is 9.61. The Morgan fingerprint density at radius 1 is 0.909 bits per heavy atom. The molecule has 0 spiro atoms. The first kappa shape index (κ1) is 19.9. The van der Waals surface area contributed by atoms with Crippen LogP contribution in [0, 0.1) is 0 Å². The Morgan fingerprint density at radius 3 is 2.05 bits per heavy atom. The van der Waals surface area contributed by atoms with E-state index in [1.807, 2.05) is 32.1 Å². The third-order valence-corrected chi connectivity index (χ3v) is 3.20. The first-order chi connectivity index (χ1) is 10.3. The molecule has 0 nitrogen and oxygen atoms in total. The topological polar surface area (TPSA) is 0 Å². The van der Waals surface area contributed by atoms with E-state index in [9.17, 15) is 0 Å². The molecule has 0 unspecified atom stereocenters. The summed E-state index contributed by atoms with van der Waals surface area (Å²) in [5.74, 6) is 0. The lowest BCUT2D eigenvalue weighted by molar-refractivity contribution is 0.836. The number of hydrogen-bond acceptors (Lipinski definition) is 0. The predicted octanol–water partition coefficient (Wildman–Crippen LogP) is 7.04. The van der Waals surface area contributed by atoms with E-state index in [2.05, 4.69) is 52.0 Å².